The van der Waals surface area contributed by atoms with Gasteiger partial charge in [-0.15, -0.1) is 0 Å². The Morgan fingerprint density at radius 2 is 2.30 bits per heavy atom. The van der Waals surface area contributed by atoms with Gasteiger partial charge in [0.05, 0.1) is 0 Å². The van der Waals surface area contributed by atoms with E-state index in [2.05, 4.69) is 36.8 Å². The van der Waals surface area contributed by atoms with E-state index in [1.54, 1.807) is 0 Å². The van der Waals surface area contributed by atoms with Gasteiger partial charge in [0.2, 0.25) is 0 Å². The van der Waals surface area contributed by atoms with Gasteiger partial charge in [0.15, 0.2) is 0 Å². The second kappa shape index (κ2) is 5.74. The molecule has 0 aromatic carbocycles. The maximum Gasteiger partial charge on any atom is 0.107 e. The molecule has 0 aromatic rings. The standard InChI is InChI=1S/C7H16N2S/c1-4-5-9-7(10)6(2)8-3/h5-8,10H,4H2,1-3H3/b9-5-/t6-,7+/m0/s1. The number of likely N-dealkylation sites (N-methyl/N-ethyl adjacent to an activating group) is 1. The van der Waals surface area contributed by atoms with E-state index in [4.69, 9.17) is 0 Å². The van der Waals surface area contributed by atoms with E-state index in [1.807, 2.05) is 13.3 Å². The smallest absolute Gasteiger partial charge is 0.107 e. The Bertz CT molecular complexity index is 104. The largest absolute Gasteiger partial charge is 0.314 e. The lowest BCUT2D eigenvalue weighted by Gasteiger charge is -2.13. The zero-order chi connectivity index (χ0) is 7.98. The molecule has 2 atom stereocenters. The lowest BCUT2D eigenvalue weighted by atomic mass is 10.3. The fourth-order valence-electron chi connectivity index (χ4n) is 0.492. The van der Waals surface area contributed by atoms with Gasteiger partial charge in [0, 0.05) is 6.04 Å². The summed E-state index contributed by atoms with van der Waals surface area (Å²) in [6.45, 7) is 4.12. The summed E-state index contributed by atoms with van der Waals surface area (Å²) in [5.41, 5.74) is 0. The number of hydrogen-bond donors (Lipinski definition) is 2. The van der Waals surface area contributed by atoms with Crippen LogP contribution in [0, 0.1) is 0 Å². The molecule has 0 aliphatic rings. The van der Waals surface area contributed by atoms with E-state index in [9.17, 15) is 0 Å². The van der Waals surface area contributed by atoms with Crippen LogP contribution >= 0.6 is 12.6 Å². The van der Waals surface area contributed by atoms with E-state index in [1.165, 1.54) is 0 Å². The highest BCUT2D eigenvalue weighted by Gasteiger charge is 2.06. The summed E-state index contributed by atoms with van der Waals surface area (Å²) in [5.74, 6) is 0. The molecule has 0 saturated heterocycles. The SMILES string of the molecule is CC/C=N\[C@H](S)[C@H](C)NC. The first-order chi connectivity index (χ1) is 4.72. The topological polar surface area (TPSA) is 24.4 Å². The van der Waals surface area contributed by atoms with Crippen molar-refractivity contribution in [3.8, 4) is 0 Å². The first kappa shape index (κ1) is 9.98. The van der Waals surface area contributed by atoms with E-state index in [0.29, 0.717) is 6.04 Å². The molecule has 0 radical (unpaired) electrons. The van der Waals surface area contributed by atoms with Gasteiger partial charge in [0.25, 0.3) is 0 Å². The van der Waals surface area contributed by atoms with Crippen LogP contribution < -0.4 is 5.32 Å². The van der Waals surface area contributed by atoms with Crippen LogP contribution in [0.5, 0.6) is 0 Å². The number of nitrogens with zero attached hydrogens (tertiary/aromatic N) is 1. The summed E-state index contributed by atoms with van der Waals surface area (Å²) >= 11 is 4.28. The highest BCUT2D eigenvalue weighted by molar-refractivity contribution is 7.81. The van der Waals surface area contributed by atoms with Gasteiger partial charge in [-0.3, -0.25) is 4.99 Å². The molecular formula is C7H16N2S. The minimum Gasteiger partial charge on any atom is -0.314 e. The van der Waals surface area contributed by atoms with Gasteiger partial charge in [-0.2, -0.15) is 12.6 Å². The highest BCUT2D eigenvalue weighted by Crippen LogP contribution is 2.01. The van der Waals surface area contributed by atoms with E-state index < -0.39 is 0 Å². The number of nitrogens with one attached hydrogen (secondary N) is 1. The molecule has 0 heterocycles. The molecule has 2 nitrogen and oxygen atoms in total. The molecule has 0 aliphatic heterocycles. The Morgan fingerprint density at radius 1 is 1.70 bits per heavy atom. The van der Waals surface area contributed by atoms with Crippen LogP contribution in [0.4, 0.5) is 0 Å². The van der Waals surface area contributed by atoms with Gasteiger partial charge in [-0.25, -0.2) is 0 Å². The Kier molecular flexibility index (Phi) is 5.73. The third-order valence-electron chi connectivity index (χ3n) is 1.34. The first-order valence-corrected chi connectivity index (χ1v) is 4.11. The fourth-order valence-corrected chi connectivity index (χ4v) is 0.735. The van der Waals surface area contributed by atoms with Crippen LogP contribution in [-0.2, 0) is 0 Å². The molecule has 0 amide bonds. The van der Waals surface area contributed by atoms with Gasteiger partial charge >= 0.3 is 0 Å². The molecule has 0 aromatic heterocycles. The Labute approximate surface area is 68.5 Å². The lowest BCUT2D eigenvalue weighted by molar-refractivity contribution is 0.597. The second-order valence-corrected chi connectivity index (χ2v) is 2.76. The van der Waals surface area contributed by atoms with Crippen molar-refractivity contribution in [1.29, 1.82) is 0 Å². The molecule has 0 spiro atoms. The summed E-state index contributed by atoms with van der Waals surface area (Å²) in [6.07, 6.45) is 2.87. The van der Waals surface area contributed by atoms with Crippen molar-refractivity contribution < 1.29 is 0 Å². The number of hydrogen-bond acceptors (Lipinski definition) is 3. The predicted molar refractivity (Wildman–Crippen MR) is 50.1 cm³/mol. The normalized spacial score (nSPS) is 17.6. The van der Waals surface area contributed by atoms with Crippen molar-refractivity contribution in [3.05, 3.63) is 0 Å². The molecule has 3 heteroatoms. The zero-order valence-corrected chi connectivity index (χ0v) is 7.73. The molecule has 0 bridgehead atoms. The predicted octanol–water partition coefficient (Wildman–Crippen LogP) is 1.33. The third-order valence-corrected chi connectivity index (χ3v) is 1.92. The zero-order valence-electron chi connectivity index (χ0n) is 6.83. The van der Waals surface area contributed by atoms with Gasteiger partial charge < -0.3 is 5.32 Å². The summed E-state index contributed by atoms with van der Waals surface area (Å²) in [4.78, 5) is 4.19. The van der Waals surface area contributed by atoms with Crippen molar-refractivity contribution >= 4 is 18.8 Å². The Balaban J connectivity index is 3.60. The molecule has 0 aliphatic carbocycles. The number of aliphatic imine (C=N–C) groups is 1. The minimum atomic E-state index is 0.0879. The van der Waals surface area contributed by atoms with Crippen LogP contribution in [0.1, 0.15) is 20.3 Å². The van der Waals surface area contributed by atoms with Crippen LogP contribution in [0.2, 0.25) is 0 Å². The molecule has 1 N–H and O–H groups in total. The monoisotopic (exact) mass is 160 g/mol. The van der Waals surface area contributed by atoms with E-state index in [-0.39, 0.29) is 5.37 Å². The van der Waals surface area contributed by atoms with Crippen molar-refractivity contribution in [2.24, 2.45) is 4.99 Å². The molecular weight excluding hydrogens is 144 g/mol. The average molecular weight is 160 g/mol. The quantitative estimate of drug-likeness (QED) is 0.470. The third kappa shape index (κ3) is 3.90. The maximum absolute atomic E-state index is 4.28. The molecule has 0 rings (SSSR count). The summed E-state index contributed by atoms with van der Waals surface area (Å²) in [5, 5.41) is 3.17. The fraction of sp³-hybridized carbons (Fsp3) is 0.857. The summed E-state index contributed by atoms with van der Waals surface area (Å²) in [6, 6.07) is 0.339. The number of rotatable bonds is 4. The van der Waals surface area contributed by atoms with Gasteiger partial charge in [-0.1, -0.05) is 6.92 Å². The van der Waals surface area contributed by atoms with Crippen molar-refractivity contribution in [3.63, 3.8) is 0 Å². The molecule has 10 heavy (non-hydrogen) atoms. The lowest BCUT2D eigenvalue weighted by Crippen LogP contribution is -2.29. The first-order valence-electron chi connectivity index (χ1n) is 3.59. The Morgan fingerprint density at radius 3 is 2.70 bits per heavy atom. The van der Waals surface area contributed by atoms with Crippen molar-refractivity contribution in [2.75, 3.05) is 7.05 Å². The molecule has 60 valence electrons. The van der Waals surface area contributed by atoms with Crippen LogP contribution in [-0.4, -0.2) is 24.7 Å². The summed E-state index contributed by atoms with van der Waals surface area (Å²) in [7, 11) is 1.91. The average Bonchev–Trinajstić information content (AvgIpc) is 1.98. The molecule has 0 fully saturated rings. The van der Waals surface area contributed by atoms with E-state index >= 15 is 0 Å². The van der Waals surface area contributed by atoms with Gasteiger partial charge in [-0.05, 0) is 26.6 Å². The van der Waals surface area contributed by atoms with Crippen LogP contribution in [0.15, 0.2) is 4.99 Å². The minimum absolute atomic E-state index is 0.0879. The van der Waals surface area contributed by atoms with Crippen LogP contribution in [0.3, 0.4) is 0 Å². The van der Waals surface area contributed by atoms with Crippen LogP contribution in [0.25, 0.3) is 0 Å². The second-order valence-electron chi connectivity index (χ2n) is 2.23. The highest BCUT2D eigenvalue weighted by atomic mass is 32.1. The van der Waals surface area contributed by atoms with Crippen molar-refractivity contribution in [2.45, 2.75) is 31.7 Å². The molecule has 0 unspecified atom stereocenters. The number of thiol groups is 1. The summed E-state index contributed by atoms with van der Waals surface area (Å²) < 4.78 is 0. The Hall–Kier alpha value is -0.0200. The molecule has 0 saturated carbocycles. The van der Waals surface area contributed by atoms with E-state index in [0.717, 1.165) is 6.42 Å². The van der Waals surface area contributed by atoms with Gasteiger partial charge in [0.1, 0.15) is 5.37 Å². The van der Waals surface area contributed by atoms with Crippen molar-refractivity contribution in [1.82, 2.24) is 5.32 Å². The maximum atomic E-state index is 4.28.